The zero-order chi connectivity index (χ0) is 19.0. The molecule has 9 heteroatoms. The van der Waals surface area contributed by atoms with Crippen LogP contribution in [0.25, 0.3) is 0 Å². The molecule has 0 heterocycles. The smallest absolute Gasteiger partial charge is 0.417 e. The van der Waals surface area contributed by atoms with Crippen LogP contribution in [-0.4, -0.2) is 22.6 Å². The Morgan fingerprint density at radius 2 is 1.76 bits per heavy atom. The Kier molecular flexibility index (Phi) is 5.24. The van der Waals surface area contributed by atoms with Crippen LogP contribution in [-0.2, 0) is 16.2 Å². The molecule has 2 aromatic carbocycles. The molecule has 0 aliphatic rings. The fraction of sp³-hybridized carbons (Fsp3) is 0.250. The first-order valence-electron chi connectivity index (χ1n) is 6.99. The van der Waals surface area contributed by atoms with E-state index in [1.165, 1.54) is 38.4 Å². The van der Waals surface area contributed by atoms with Gasteiger partial charge in [-0.1, -0.05) is 11.6 Å². The molecule has 0 amide bonds. The van der Waals surface area contributed by atoms with Gasteiger partial charge in [0.25, 0.3) is 10.0 Å². The van der Waals surface area contributed by atoms with Gasteiger partial charge in [-0.2, -0.15) is 13.2 Å². The molecule has 2 aromatic rings. The second-order valence-corrected chi connectivity index (χ2v) is 7.64. The number of nitrogens with zero attached hydrogens (tertiary/aromatic N) is 1. The average Bonchev–Trinajstić information content (AvgIpc) is 2.53. The van der Waals surface area contributed by atoms with E-state index >= 15 is 0 Å². The van der Waals surface area contributed by atoms with Gasteiger partial charge in [0.15, 0.2) is 0 Å². The maximum Gasteiger partial charge on any atom is 0.417 e. The lowest BCUT2D eigenvalue weighted by Gasteiger charge is -2.21. The van der Waals surface area contributed by atoms with Crippen molar-refractivity contribution in [2.45, 2.75) is 18.0 Å². The molecule has 0 radical (unpaired) electrons. The lowest BCUT2D eigenvalue weighted by atomic mass is 10.2. The quantitative estimate of drug-likeness (QED) is 0.768. The van der Waals surface area contributed by atoms with Gasteiger partial charge in [-0.25, -0.2) is 8.42 Å². The van der Waals surface area contributed by atoms with E-state index in [0.717, 1.165) is 10.4 Å². The van der Waals surface area contributed by atoms with E-state index in [1.54, 1.807) is 6.92 Å². The maximum absolute atomic E-state index is 13.0. The number of hydrogen-bond donors (Lipinski definition) is 0. The summed E-state index contributed by atoms with van der Waals surface area (Å²) in [6, 6.07) is 7.15. The topological polar surface area (TPSA) is 46.6 Å². The summed E-state index contributed by atoms with van der Waals surface area (Å²) < 4.78 is 70.2. The number of sulfonamides is 1. The van der Waals surface area contributed by atoms with Gasteiger partial charge in [0.2, 0.25) is 0 Å². The van der Waals surface area contributed by atoms with Crippen molar-refractivity contribution in [3.05, 3.63) is 52.5 Å². The highest BCUT2D eigenvalue weighted by molar-refractivity contribution is 7.92. The van der Waals surface area contributed by atoms with E-state index in [9.17, 15) is 21.6 Å². The van der Waals surface area contributed by atoms with E-state index < -0.39 is 26.8 Å². The summed E-state index contributed by atoms with van der Waals surface area (Å²) >= 11 is 5.57. The molecule has 0 saturated heterocycles. The molecular weight excluding hydrogens is 379 g/mol. The molecule has 0 spiro atoms. The van der Waals surface area contributed by atoms with Crippen LogP contribution in [0, 0.1) is 6.92 Å². The summed E-state index contributed by atoms with van der Waals surface area (Å²) in [6.07, 6.45) is -4.69. The van der Waals surface area contributed by atoms with Crippen LogP contribution < -0.4 is 9.04 Å². The summed E-state index contributed by atoms with van der Waals surface area (Å²) in [5.41, 5.74) is -0.658. The minimum Gasteiger partial charge on any atom is -0.496 e. The first-order chi connectivity index (χ1) is 11.5. The average molecular weight is 394 g/mol. The van der Waals surface area contributed by atoms with E-state index in [1.807, 2.05) is 0 Å². The summed E-state index contributed by atoms with van der Waals surface area (Å²) in [5, 5.41) is -0.498. The van der Waals surface area contributed by atoms with Crippen LogP contribution in [0.2, 0.25) is 5.02 Å². The number of benzene rings is 2. The number of methoxy groups -OCH3 is 1. The molecule has 0 unspecified atom stereocenters. The molecule has 0 aliphatic carbocycles. The standard InChI is InChI=1S/C16H15ClF3NO3S/c1-10-8-12(5-7-15(10)24-3)25(22,23)21(2)11-4-6-14(17)13(9-11)16(18,19)20/h4-9H,1-3H3. The number of aryl methyl sites for hydroxylation is 1. The monoisotopic (exact) mass is 393 g/mol. The second-order valence-electron chi connectivity index (χ2n) is 5.27. The summed E-state index contributed by atoms with van der Waals surface area (Å²) in [5.74, 6) is 0.507. The highest BCUT2D eigenvalue weighted by atomic mass is 35.5. The van der Waals surface area contributed by atoms with Crippen molar-refractivity contribution in [3.63, 3.8) is 0 Å². The third-order valence-corrected chi connectivity index (χ3v) is 5.75. The minimum absolute atomic E-state index is 0.0585. The Hall–Kier alpha value is -1.93. The maximum atomic E-state index is 13.0. The van der Waals surface area contributed by atoms with Gasteiger partial charge in [0.1, 0.15) is 5.75 Å². The van der Waals surface area contributed by atoms with Crippen molar-refractivity contribution in [1.82, 2.24) is 0 Å². The Labute approximate surface area is 148 Å². The van der Waals surface area contributed by atoms with Gasteiger partial charge < -0.3 is 4.74 Å². The molecular formula is C16H15ClF3NO3S. The third-order valence-electron chi connectivity index (χ3n) is 3.64. The van der Waals surface area contributed by atoms with E-state index in [2.05, 4.69) is 0 Å². The Morgan fingerprint density at radius 1 is 1.12 bits per heavy atom. The molecule has 4 nitrogen and oxygen atoms in total. The molecule has 0 aliphatic heterocycles. The van der Waals surface area contributed by atoms with Crippen molar-refractivity contribution in [2.75, 3.05) is 18.5 Å². The first kappa shape index (κ1) is 19.4. The Bertz CT molecular complexity index is 898. The fourth-order valence-electron chi connectivity index (χ4n) is 2.23. The fourth-order valence-corrected chi connectivity index (χ4v) is 3.73. The SMILES string of the molecule is COc1ccc(S(=O)(=O)N(C)c2ccc(Cl)c(C(F)(F)F)c2)cc1C. The van der Waals surface area contributed by atoms with Gasteiger partial charge in [-0.3, -0.25) is 4.31 Å². The second kappa shape index (κ2) is 6.76. The van der Waals surface area contributed by atoms with Crippen LogP contribution in [0.1, 0.15) is 11.1 Å². The molecule has 136 valence electrons. The van der Waals surface area contributed by atoms with Crippen LogP contribution in [0.15, 0.2) is 41.3 Å². The molecule has 0 aromatic heterocycles. The lowest BCUT2D eigenvalue weighted by molar-refractivity contribution is -0.137. The predicted molar refractivity (Wildman–Crippen MR) is 89.8 cm³/mol. The molecule has 0 saturated carbocycles. The van der Waals surface area contributed by atoms with Crippen LogP contribution in [0.5, 0.6) is 5.75 Å². The van der Waals surface area contributed by atoms with Crippen LogP contribution in [0.3, 0.4) is 0 Å². The Morgan fingerprint density at radius 3 is 2.28 bits per heavy atom. The summed E-state index contributed by atoms with van der Waals surface area (Å²) in [4.78, 5) is -0.0585. The largest absolute Gasteiger partial charge is 0.496 e. The first-order valence-corrected chi connectivity index (χ1v) is 8.80. The van der Waals surface area contributed by atoms with Crippen LogP contribution >= 0.6 is 11.6 Å². The number of rotatable bonds is 4. The normalized spacial score (nSPS) is 12.1. The van der Waals surface area contributed by atoms with Gasteiger partial charge >= 0.3 is 6.18 Å². The number of hydrogen-bond acceptors (Lipinski definition) is 3. The minimum atomic E-state index is -4.69. The lowest BCUT2D eigenvalue weighted by Crippen LogP contribution is -2.27. The predicted octanol–water partition coefficient (Wildman–Crippen LogP) is 4.50. The number of halogens is 4. The molecule has 0 bridgehead atoms. The van der Waals surface area contributed by atoms with E-state index in [-0.39, 0.29) is 10.6 Å². The molecule has 2 rings (SSSR count). The van der Waals surface area contributed by atoms with Crippen molar-refractivity contribution in [1.29, 1.82) is 0 Å². The van der Waals surface area contributed by atoms with Gasteiger partial charge in [-0.05, 0) is 48.9 Å². The number of ether oxygens (including phenoxy) is 1. The molecule has 0 N–H and O–H groups in total. The van der Waals surface area contributed by atoms with Crippen molar-refractivity contribution in [3.8, 4) is 5.75 Å². The molecule has 0 fully saturated rings. The van der Waals surface area contributed by atoms with Crippen molar-refractivity contribution < 1.29 is 26.3 Å². The zero-order valence-electron chi connectivity index (χ0n) is 13.6. The van der Waals surface area contributed by atoms with E-state index in [0.29, 0.717) is 17.4 Å². The van der Waals surface area contributed by atoms with E-state index in [4.69, 9.17) is 16.3 Å². The number of alkyl halides is 3. The zero-order valence-corrected chi connectivity index (χ0v) is 15.1. The highest BCUT2D eigenvalue weighted by Gasteiger charge is 2.34. The molecule has 25 heavy (non-hydrogen) atoms. The van der Waals surface area contributed by atoms with Gasteiger partial charge in [0.05, 0.1) is 28.3 Å². The number of anilines is 1. The highest BCUT2D eigenvalue weighted by Crippen LogP contribution is 2.37. The third kappa shape index (κ3) is 3.85. The molecule has 0 atom stereocenters. The van der Waals surface area contributed by atoms with Gasteiger partial charge in [-0.15, -0.1) is 0 Å². The van der Waals surface area contributed by atoms with Crippen molar-refractivity contribution in [2.24, 2.45) is 0 Å². The van der Waals surface area contributed by atoms with Crippen LogP contribution in [0.4, 0.5) is 18.9 Å². The Balaban J connectivity index is 2.49. The van der Waals surface area contributed by atoms with Gasteiger partial charge in [0, 0.05) is 7.05 Å². The van der Waals surface area contributed by atoms with Crippen molar-refractivity contribution >= 4 is 27.3 Å². The summed E-state index contributed by atoms with van der Waals surface area (Å²) in [7, 11) is -1.42. The summed E-state index contributed by atoms with van der Waals surface area (Å²) in [6.45, 7) is 1.67.